The molecule has 2 heterocycles. The van der Waals surface area contributed by atoms with Gasteiger partial charge in [-0.1, -0.05) is 24.3 Å². The van der Waals surface area contributed by atoms with Crippen molar-refractivity contribution in [3.05, 3.63) is 53.6 Å². The highest BCUT2D eigenvalue weighted by molar-refractivity contribution is 6.04. The van der Waals surface area contributed by atoms with Crippen LogP contribution in [0, 0.1) is 11.8 Å². The zero-order chi connectivity index (χ0) is 29.4. The van der Waals surface area contributed by atoms with Gasteiger partial charge in [-0.15, -0.1) is 0 Å². The lowest BCUT2D eigenvalue weighted by atomic mass is 9.88. The van der Waals surface area contributed by atoms with E-state index in [2.05, 4.69) is 22.8 Å². The number of piperidine rings is 1. The third kappa shape index (κ3) is 5.64. The van der Waals surface area contributed by atoms with Crippen LogP contribution in [0.2, 0.25) is 0 Å². The summed E-state index contributed by atoms with van der Waals surface area (Å²) in [5.74, 6) is -0.0103. The highest BCUT2D eigenvalue weighted by Gasteiger charge is 2.43. The highest BCUT2D eigenvalue weighted by atomic mass is 16.5. The van der Waals surface area contributed by atoms with Gasteiger partial charge in [0.1, 0.15) is 5.75 Å². The number of anilines is 2. The molecule has 42 heavy (non-hydrogen) atoms. The first-order valence-corrected chi connectivity index (χ1v) is 15.3. The van der Waals surface area contributed by atoms with Crippen molar-refractivity contribution in [1.82, 2.24) is 10.6 Å². The first-order valence-electron chi connectivity index (χ1n) is 15.3. The summed E-state index contributed by atoms with van der Waals surface area (Å²) in [6.45, 7) is 5.72. The van der Waals surface area contributed by atoms with Gasteiger partial charge >= 0.3 is 0 Å². The van der Waals surface area contributed by atoms with Crippen LogP contribution in [0.5, 0.6) is 5.75 Å². The minimum absolute atomic E-state index is 0.0124. The molecule has 9 nitrogen and oxygen atoms in total. The Labute approximate surface area is 247 Å². The molecule has 2 aliphatic heterocycles. The molecule has 9 heteroatoms. The van der Waals surface area contributed by atoms with Gasteiger partial charge in [-0.25, -0.2) is 0 Å². The third-order valence-electron chi connectivity index (χ3n) is 9.04. The summed E-state index contributed by atoms with van der Waals surface area (Å²) in [4.78, 5) is 44.5. The number of amides is 3. The number of aryl methyl sites for hydroxylation is 1. The number of nitrogens with one attached hydrogen (secondary N) is 2. The molecule has 0 spiro atoms. The molecule has 0 radical (unpaired) electrons. The fraction of sp³-hybridized carbons (Fsp3) is 0.545. The molecule has 6 rings (SSSR count). The molecule has 1 saturated heterocycles. The predicted octanol–water partition coefficient (Wildman–Crippen LogP) is 3.75. The van der Waals surface area contributed by atoms with Crippen LogP contribution in [0.1, 0.15) is 63.1 Å². The second-order valence-corrected chi connectivity index (χ2v) is 12.6. The van der Waals surface area contributed by atoms with Crippen molar-refractivity contribution in [2.75, 3.05) is 43.2 Å². The summed E-state index contributed by atoms with van der Waals surface area (Å²) in [5, 5.41) is 6.63. The summed E-state index contributed by atoms with van der Waals surface area (Å²) in [5.41, 5.74) is 2.98. The third-order valence-corrected chi connectivity index (χ3v) is 9.04. The van der Waals surface area contributed by atoms with Crippen LogP contribution in [-0.4, -0.2) is 62.7 Å². The van der Waals surface area contributed by atoms with E-state index in [1.165, 1.54) is 11.1 Å². The van der Waals surface area contributed by atoms with E-state index < -0.39 is 5.60 Å². The minimum atomic E-state index is -0.975. The van der Waals surface area contributed by atoms with Crippen LogP contribution in [-0.2, 0) is 25.5 Å². The normalized spacial score (nSPS) is 24.4. The molecule has 0 unspecified atom stereocenters. The van der Waals surface area contributed by atoms with Gasteiger partial charge in [-0.05, 0) is 81.7 Å². The Hall–Kier alpha value is -3.43. The maximum absolute atomic E-state index is 14.1. The molecule has 224 valence electrons. The molecule has 3 amide bonds. The molecule has 4 aliphatic rings. The van der Waals surface area contributed by atoms with Crippen LogP contribution in [0.3, 0.4) is 0 Å². The highest BCUT2D eigenvalue weighted by Crippen LogP contribution is 2.43. The first-order chi connectivity index (χ1) is 20.3. The van der Waals surface area contributed by atoms with Crippen molar-refractivity contribution in [3.63, 3.8) is 0 Å². The van der Waals surface area contributed by atoms with Crippen molar-refractivity contribution >= 4 is 29.1 Å². The van der Waals surface area contributed by atoms with E-state index in [9.17, 15) is 14.4 Å². The fourth-order valence-electron chi connectivity index (χ4n) is 6.67. The van der Waals surface area contributed by atoms with Crippen LogP contribution in [0.4, 0.5) is 11.4 Å². The van der Waals surface area contributed by atoms with Gasteiger partial charge in [0.2, 0.25) is 11.8 Å². The topological polar surface area (TPSA) is 100 Å². The fourth-order valence-corrected chi connectivity index (χ4v) is 6.67. The summed E-state index contributed by atoms with van der Waals surface area (Å²) in [6, 6.07) is 14.2. The Bertz CT molecular complexity index is 1360. The van der Waals surface area contributed by atoms with Gasteiger partial charge in [-0.2, -0.15) is 0 Å². The van der Waals surface area contributed by atoms with E-state index in [0.29, 0.717) is 50.5 Å². The van der Waals surface area contributed by atoms with Gasteiger partial charge in [-0.3, -0.25) is 14.4 Å². The average Bonchev–Trinajstić information content (AvgIpc) is 3.75. The second kappa shape index (κ2) is 11.7. The van der Waals surface area contributed by atoms with E-state index in [4.69, 9.17) is 9.47 Å². The number of methoxy groups -OCH3 is 1. The molecule has 2 aliphatic carbocycles. The van der Waals surface area contributed by atoms with Crippen molar-refractivity contribution in [2.45, 2.75) is 70.1 Å². The Kier molecular flexibility index (Phi) is 7.98. The Balaban J connectivity index is 1.19. The second-order valence-electron chi connectivity index (χ2n) is 12.6. The maximum Gasteiger partial charge on any atom is 0.270 e. The number of fused-ring (bicyclic) bond motifs is 2. The van der Waals surface area contributed by atoms with Crippen LogP contribution in [0.15, 0.2) is 42.5 Å². The maximum atomic E-state index is 14.1. The van der Waals surface area contributed by atoms with Crippen molar-refractivity contribution in [3.8, 4) is 5.75 Å². The lowest BCUT2D eigenvalue weighted by Gasteiger charge is -2.39. The Morgan fingerprint density at radius 1 is 1.12 bits per heavy atom. The van der Waals surface area contributed by atoms with E-state index >= 15 is 0 Å². The lowest BCUT2D eigenvalue weighted by Crippen LogP contribution is -2.53. The molecule has 2 aromatic rings. The Morgan fingerprint density at radius 2 is 1.90 bits per heavy atom. The van der Waals surface area contributed by atoms with Crippen LogP contribution >= 0.6 is 0 Å². The van der Waals surface area contributed by atoms with Crippen molar-refractivity contribution in [2.24, 2.45) is 11.8 Å². The molecule has 0 bridgehead atoms. The number of carbonyl (C=O) groups excluding carboxylic acids is 3. The zero-order valence-corrected chi connectivity index (χ0v) is 24.9. The van der Waals surface area contributed by atoms with Crippen molar-refractivity contribution < 1.29 is 23.9 Å². The van der Waals surface area contributed by atoms with Crippen molar-refractivity contribution in [1.29, 1.82) is 0 Å². The zero-order valence-electron chi connectivity index (χ0n) is 24.9. The van der Waals surface area contributed by atoms with E-state index in [0.717, 1.165) is 31.4 Å². The van der Waals surface area contributed by atoms with Crippen LogP contribution < -0.4 is 25.2 Å². The molecule has 2 N–H and O–H groups in total. The van der Waals surface area contributed by atoms with Gasteiger partial charge in [0.15, 0.2) is 5.60 Å². The quantitative estimate of drug-likeness (QED) is 0.443. The smallest absolute Gasteiger partial charge is 0.270 e. The number of rotatable bonds is 9. The molecule has 1 saturated carbocycles. The Morgan fingerprint density at radius 3 is 2.69 bits per heavy atom. The number of ether oxygens (including phenoxy) is 2. The lowest BCUT2D eigenvalue weighted by molar-refractivity contribution is -0.132. The molecule has 2 aromatic carbocycles. The molecule has 2 fully saturated rings. The summed E-state index contributed by atoms with van der Waals surface area (Å²) >= 11 is 0. The average molecular weight is 575 g/mol. The number of carbonyl (C=O) groups is 3. The van der Waals surface area contributed by atoms with Crippen LogP contribution in [0.25, 0.3) is 0 Å². The molecule has 3 atom stereocenters. The van der Waals surface area contributed by atoms with Gasteiger partial charge in [0.25, 0.3) is 5.91 Å². The summed E-state index contributed by atoms with van der Waals surface area (Å²) < 4.78 is 11.3. The first kappa shape index (κ1) is 28.7. The van der Waals surface area contributed by atoms with Gasteiger partial charge in [0.05, 0.1) is 23.6 Å². The van der Waals surface area contributed by atoms with Gasteiger partial charge < -0.3 is 29.9 Å². The molecule has 0 aromatic heterocycles. The van der Waals surface area contributed by atoms with Gasteiger partial charge in [0, 0.05) is 45.1 Å². The largest absolute Gasteiger partial charge is 0.476 e. The molecular formula is C33H42N4O5. The summed E-state index contributed by atoms with van der Waals surface area (Å²) in [6.07, 6.45) is 4.96. The summed E-state index contributed by atoms with van der Waals surface area (Å²) in [7, 11) is 1.65. The molecular weight excluding hydrogens is 532 g/mol. The minimum Gasteiger partial charge on any atom is -0.476 e. The standard InChI is InChI=1S/C33H42N4O5/c1-33(2)32(40)36(15-6-16-41-3)28-18-25(12-14-29(28)42-33)37(24-10-11-24)31(39)23-17-22(19-34-20-23)30(38)35-27-13-9-21-7-4-5-8-26(21)27/h4-5,7-8,12,14,18,22-24,27,34H,6,9-11,13,15-17,19-20H2,1-3H3,(H,35,38)/t22-,23+,27+/m0/s1. The monoisotopic (exact) mass is 574 g/mol. The van der Waals surface area contributed by atoms with E-state index in [1.54, 1.807) is 25.9 Å². The number of hydrogen-bond donors (Lipinski definition) is 2. The van der Waals surface area contributed by atoms with E-state index in [-0.39, 0.29) is 41.6 Å². The number of benzene rings is 2. The predicted molar refractivity (Wildman–Crippen MR) is 161 cm³/mol. The SMILES string of the molecule is COCCCN1C(=O)C(C)(C)Oc2ccc(N(C(=O)[C@H]3CNC[C@@H](C(=O)N[C@@H]4CCc5ccccc54)C3)C3CC3)cc21. The van der Waals surface area contributed by atoms with E-state index in [1.807, 2.05) is 35.2 Å². The number of hydrogen-bond acceptors (Lipinski definition) is 6. The number of nitrogens with zero attached hydrogens (tertiary/aromatic N) is 2.